The van der Waals surface area contributed by atoms with E-state index in [1.165, 1.54) is 0 Å². The summed E-state index contributed by atoms with van der Waals surface area (Å²) in [5.41, 5.74) is 1.04. The van der Waals surface area contributed by atoms with E-state index in [0.29, 0.717) is 28.8 Å². The SMILES string of the molecule is O=[n+]1o[nH]c2c1CCC2O. The van der Waals surface area contributed by atoms with Crippen molar-refractivity contribution in [3.05, 3.63) is 16.3 Å². The lowest BCUT2D eigenvalue weighted by Crippen LogP contribution is -2.14. The second-order valence-corrected chi connectivity index (χ2v) is 2.37. The van der Waals surface area contributed by atoms with Crippen LogP contribution in [0.25, 0.3) is 0 Å². The molecule has 0 radical (unpaired) electrons. The molecule has 0 saturated carbocycles. The van der Waals surface area contributed by atoms with Crippen LogP contribution in [0, 0.1) is 4.91 Å². The molecule has 54 valence electrons. The molecule has 5 heteroatoms. The van der Waals surface area contributed by atoms with Crippen LogP contribution in [-0.4, -0.2) is 10.3 Å². The van der Waals surface area contributed by atoms with Crippen molar-refractivity contribution in [1.29, 1.82) is 0 Å². The standard InChI is InChI=1S/C5H7N2O3/c8-4-2-1-3-5(4)6-10-7(3)9/h4,6,8H,1-2H2/q+1. The molecule has 1 heterocycles. The number of aliphatic hydroxyl groups is 1. The zero-order valence-corrected chi connectivity index (χ0v) is 5.20. The Morgan fingerprint density at radius 1 is 1.80 bits per heavy atom. The van der Waals surface area contributed by atoms with E-state index in [0.717, 1.165) is 0 Å². The first-order chi connectivity index (χ1) is 4.79. The maximum absolute atomic E-state index is 10.7. The molecule has 1 unspecified atom stereocenters. The highest BCUT2D eigenvalue weighted by atomic mass is 16.7. The highest BCUT2D eigenvalue weighted by Gasteiger charge is 2.33. The van der Waals surface area contributed by atoms with E-state index in [1.54, 1.807) is 0 Å². The first-order valence-electron chi connectivity index (χ1n) is 3.10. The Hall–Kier alpha value is -1.10. The molecule has 2 rings (SSSR count). The van der Waals surface area contributed by atoms with Gasteiger partial charge in [0, 0.05) is 6.42 Å². The van der Waals surface area contributed by atoms with Gasteiger partial charge in [-0.15, -0.1) is 0 Å². The lowest BCUT2D eigenvalue weighted by molar-refractivity contribution is -0.719. The Morgan fingerprint density at radius 2 is 2.60 bits per heavy atom. The minimum absolute atomic E-state index is 0.408. The third kappa shape index (κ3) is 0.550. The quantitative estimate of drug-likeness (QED) is 0.514. The van der Waals surface area contributed by atoms with Gasteiger partial charge in [-0.05, 0) is 11.3 Å². The molecule has 0 fully saturated rings. The Morgan fingerprint density at radius 3 is 3.30 bits per heavy atom. The number of hydrogen-bond acceptors (Lipinski definition) is 3. The predicted molar refractivity (Wildman–Crippen MR) is 29.7 cm³/mol. The highest BCUT2D eigenvalue weighted by molar-refractivity contribution is 5.12. The molecule has 5 nitrogen and oxygen atoms in total. The van der Waals surface area contributed by atoms with E-state index in [1.807, 2.05) is 0 Å². The Kier molecular flexibility index (Phi) is 0.960. The first-order valence-corrected chi connectivity index (χ1v) is 3.10. The van der Waals surface area contributed by atoms with Crippen molar-refractivity contribution < 1.29 is 14.3 Å². The predicted octanol–water partition coefficient (Wildman–Crippen LogP) is -0.498. The molecule has 0 saturated heterocycles. The molecule has 1 aromatic rings. The molecule has 0 aliphatic heterocycles. The largest absolute Gasteiger partial charge is 0.384 e. The minimum Gasteiger partial charge on any atom is -0.384 e. The lowest BCUT2D eigenvalue weighted by atomic mass is 10.3. The number of aromatic amines is 1. The van der Waals surface area contributed by atoms with Crippen LogP contribution < -0.4 is 4.60 Å². The summed E-state index contributed by atoms with van der Waals surface area (Å²) in [5, 5.41) is 11.5. The van der Waals surface area contributed by atoms with Crippen LogP contribution >= 0.6 is 0 Å². The molecule has 10 heavy (non-hydrogen) atoms. The van der Waals surface area contributed by atoms with E-state index < -0.39 is 6.10 Å². The van der Waals surface area contributed by atoms with Gasteiger partial charge in [0.1, 0.15) is 6.10 Å². The van der Waals surface area contributed by atoms with E-state index in [4.69, 9.17) is 5.11 Å². The van der Waals surface area contributed by atoms with Gasteiger partial charge in [0.15, 0.2) is 4.60 Å². The number of aromatic nitrogens is 2. The van der Waals surface area contributed by atoms with Gasteiger partial charge in [-0.2, -0.15) is 0 Å². The minimum atomic E-state index is -0.547. The second kappa shape index (κ2) is 1.69. The Labute approximate surface area is 55.8 Å². The summed E-state index contributed by atoms with van der Waals surface area (Å²) in [6.45, 7) is 0. The molecule has 0 amide bonds. The zero-order chi connectivity index (χ0) is 7.14. The Bertz CT molecular complexity index is 300. The van der Waals surface area contributed by atoms with Gasteiger partial charge >= 0.3 is 0 Å². The normalized spacial score (nSPS) is 23.1. The molecule has 2 N–H and O–H groups in total. The van der Waals surface area contributed by atoms with Crippen molar-refractivity contribution in [2.75, 3.05) is 0 Å². The third-order valence-electron chi connectivity index (χ3n) is 1.76. The van der Waals surface area contributed by atoms with Gasteiger partial charge in [0.2, 0.25) is 11.4 Å². The van der Waals surface area contributed by atoms with Gasteiger partial charge in [-0.3, -0.25) is 0 Å². The molecule has 1 aliphatic carbocycles. The van der Waals surface area contributed by atoms with Gasteiger partial charge in [-0.25, -0.2) is 0 Å². The molecule has 0 aromatic carbocycles. The number of aliphatic hydroxyl groups excluding tert-OH is 1. The number of nitrogens with zero attached hydrogens (tertiary/aromatic N) is 1. The summed E-state index contributed by atoms with van der Waals surface area (Å²) in [6, 6.07) is 0. The van der Waals surface area contributed by atoms with Crippen molar-refractivity contribution in [3.63, 3.8) is 0 Å². The molecular formula is C5H7N2O3+. The van der Waals surface area contributed by atoms with Crippen LogP contribution in [0.3, 0.4) is 0 Å². The monoisotopic (exact) mass is 143 g/mol. The summed E-state index contributed by atoms with van der Waals surface area (Å²) in [7, 11) is 0. The lowest BCUT2D eigenvalue weighted by Gasteiger charge is -1.89. The van der Waals surface area contributed by atoms with Crippen LogP contribution in [0.15, 0.2) is 4.63 Å². The fourth-order valence-corrected chi connectivity index (χ4v) is 1.21. The summed E-state index contributed by atoms with van der Waals surface area (Å²) in [6.07, 6.45) is 0.654. The van der Waals surface area contributed by atoms with Gasteiger partial charge < -0.3 is 5.11 Å². The number of rotatable bonds is 0. The third-order valence-corrected chi connectivity index (χ3v) is 1.76. The van der Waals surface area contributed by atoms with Crippen molar-refractivity contribution in [2.45, 2.75) is 18.9 Å². The zero-order valence-electron chi connectivity index (χ0n) is 5.20. The first kappa shape index (κ1) is 5.67. The van der Waals surface area contributed by atoms with E-state index >= 15 is 0 Å². The number of hydrogen-bond donors (Lipinski definition) is 2. The topological polar surface area (TPSA) is 72.1 Å². The van der Waals surface area contributed by atoms with Gasteiger partial charge in [0.05, 0.1) is 0 Å². The average molecular weight is 143 g/mol. The van der Waals surface area contributed by atoms with Gasteiger partial charge in [0.25, 0.3) is 0 Å². The van der Waals surface area contributed by atoms with Crippen LogP contribution in [0.1, 0.15) is 23.9 Å². The van der Waals surface area contributed by atoms with Gasteiger partial charge in [-0.1, -0.05) is 9.79 Å². The molecular weight excluding hydrogens is 136 g/mol. The van der Waals surface area contributed by atoms with E-state index in [-0.39, 0.29) is 0 Å². The summed E-state index contributed by atoms with van der Waals surface area (Å²) in [4.78, 5) is 10.7. The van der Waals surface area contributed by atoms with E-state index in [2.05, 4.69) is 9.79 Å². The van der Waals surface area contributed by atoms with Crippen molar-refractivity contribution >= 4 is 0 Å². The van der Waals surface area contributed by atoms with E-state index in [9.17, 15) is 4.91 Å². The molecule has 1 aliphatic rings. The van der Waals surface area contributed by atoms with Crippen molar-refractivity contribution in [3.8, 4) is 0 Å². The highest BCUT2D eigenvalue weighted by Crippen LogP contribution is 2.25. The Balaban J connectivity index is 2.63. The summed E-state index contributed by atoms with van der Waals surface area (Å²) >= 11 is 0. The maximum Gasteiger partial charge on any atom is 0.247 e. The fourth-order valence-electron chi connectivity index (χ4n) is 1.21. The maximum atomic E-state index is 10.7. The van der Waals surface area contributed by atoms with Crippen LogP contribution in [0.5, 0.6) is 0 Å². The average Bonchev–Trinajstić information content (AvgIpc) is 2.41. The second-order valence-electron chi connectivity index (χ2n) is 2.37. The summed E-state index contributed by atoms with van der Waals surface area (Å²) < 4.78 is 4.79. The van der Waals surface area contributed by atoms with Crippen molar-refractivity contribution in [1.82, 2.24) is 5.16 Å². The number of fused-ring (bicyclic) bond motifs is 1. The number of nitrogens with one attached hydrogen (secondary N) is 1. The smallest absolute Gasteiger partial charge is 0.247 e. The fraction of sp³-hybridized carbons (Fsp3) is 0.600. The number of H-pyrrole nitrogens is 1. The van der Waals surface area contributed by atoms with Crippen LogP contribution in [-0.2, 0) is 6.42 Å². The molecule has 0 bridgehead atoms. The van der Waals surface area contributed by atoms with Crippen molar-refractivity contribution in [2.24, 2.45) is 0 Å². The molecule has 1 aromatic heterocycles. The van der Waals surface area contributed by atoms with Crippen LogP contribution in [0.4, 0.5) is 0 Å². The molecule has 1 atom stereocenters. The summed E-state index contributed by atoms with van der Waals surface area (Å²) in [5.74, 6) is 0. The van der Waals surface area contributed by atoms with Crippen LogP contribution in [0.2, 0.25) is 0 Å². The molecule has 0 spiro atoms.